The minimum Gasteiger partial charge on any atom is -0.493 e. The standard InChI is InChI=1S/C17H16ClN3O2.ClH/c1-22-16-7-13-14(8-17(16)23-2)20-10-21-15(13)9-19-12-5-3-4-11(18)6-12;/h3-8,10,19H,9H2,1-2H3;1H. The molecule has 0 saturated heterocycles. The molecule has 7 heteroatoms. The summed E-state index contributed by atoms with van der Waals surface area (Å²) >= 11 is 6.00. The van der Waals surface area contributed by atoms with E-state index in [1.807, 2.05) is 36.4 Å². The van der Waals surface area contributed by atoms with Crippen LogP contribution in [-0.2, 0) is 6.54 Å². The van der Waals surface area contributed by atoms with Gasteiger partial charge in [-0.3, -0.25) is 0 Å². The van der Waals surface area contributed by atoms with Gasteiger partial charge in [-0.1, -0.05) is 17.7 Å². The zero-order valence-corrected chi connectivity index (χ0v) is 14.8. The second kappa shape index (κ2) is 8.04. The average molecular weight is 366 g/mol. The summed E-state index contributed by atoms with van der Waals surface area (Å²) in [7, 11) is 3.21. The smallest absolute Gasteiger partial charge is 0.162 e. The third-order valence-electron chi connectivity index (χ3n) is 3.51. The topological polar surface area (TPSA) is 56.3 Å². The number of fused-ring (bicyclic) bond motifs is 1. The van der Waals surface area contributed by atoms with E-state index in [1.165, 1.54) is 0 Å². The highest BCUT2D eigenvalue weighted by Crippen LogP contribution is 2.32. The zero-order valence-electron chi connectivity index (χ0n) is 13.2. The van der Waals surface area contributed by atoms with E-state index in [1.54, 1.807) is 20.5 Å². The number of nitrogens with zero attached hydrogens (tertiary/aromatic N) is 2. The first kappa shape index (κ1) is 18.1. The van der Waals surface area contributed by atoms with Crippen molar-refractivity contribution in [3.8, 4) is 11.5 Å². The highest BCUT2D eigenvalue weighted by molar-refractivity contribution is 6.30. The van der Waals surface area contributed by atoms with Crippen LogP contribution >= 0.6 is 24.0 Å². The van der Waals surface area contributed by atoms with Crippen LogP contribution in [0.5, 0.6) is 11.5 Å². The second-order valence-electron chi connectivity index (χ2n) is 4.91. The van der Waals surface area contributed by atoms with Crippen molar-refractivity contribution in [1.82, 2.24) is 9.97 Å². The minimum atomic E-state index is 0. The Bertz CT molecular complexity index is 843. The maximum atomic E-state index is 6.00. The van der Waals surface area contributed by atoms with E-state index in [4.69, 9.17) is 21.1 Å². The van der Waals surface area contributed by atoms with Gasteiger partial charge in [0.25, 0.3) is 0 Å². The van der Waals surface area contributed by atoms with Crippen LogP contribution in [0.25, 0.3) is 10.9 Å². The zero-order chi connectivity index (χ0) is 16.2. The van der Waals surface area contributed by atoms with E-state index in [0.29, 0.717) is 23.1 Å². The lowest BCUT2D eigenvalue weighted by molar-refractivity contribution is 0.355. The molecular weight excluding hydrogens is 349 g/mol. The van der Waals surface area contributed by atoms with Crippen molar-refractivity contribution >= 4 is 40.6 Å². The molecule has 0 aliphatic carbocycles. The van der Waals surface area contributed by atoms with Crippen LogP contribution < -0.4 is 14.8 Å². The predicted molar refractivity (Wildman–Crippen MR) is 98.7 cm³/mol. The van der Waals surface area contributed by atoms with Gasteiger partial charge in [0.05, 0.1) is 32.0 Å². The third kappa shape index (κ3) is 3.80. The van der Waals surface area contributed by atoms with Crippen LogP contribution in [0.2, 0.25) is 5.02 Å². The van der Waals surface area contributed by atoms with Gasteiger partial charge in [0, 0.05) is 22.2 Å². The summed E-state index contributed by atoms with van der Waals surface area (Å²) < 4.78 is 10.7. The molecule has 5 nitrogen and oxygen atoms in total. The fourth-order valence-electron chi connectivity index (χ4n) is 2.36. The monoisotopic (exact) mass is 365 g/mol. The van der Waals surface area contributed by atoms with Crippen molar-refractivity contribution in [1.29, 1.82) is 0 Å². The molecule has 1 aromatic heterocycles. The normalized spacial score (nSPS) is 10.1. The lowest BCUT2D eigenvalue weighted by Gasteiger charge is -2.12. The highest BCUT2D eigenvalue weighted by Gasteiger charge is 2.10. The molecule has 0 atom stereocenters. The number of hydrogen-bond donors (Lipinski definition) is 1. The number of hydrogen-bond acceptors (Lipinski definition) is 5. The summed E-state index contributed by atoms with van der Waals surface area (Å²) in [5.74, 6) is 1.30. The largest absolute Gasteiger partial charge is 0.493 e. The van der Waals surface area contributed by atoms with Crippen LogP contribution in [0.1, 0.15) is 5.69 Å². The summed E-state index contributed by atoms with van der Waals surface area (Å²) in [5, 5.41) is 4.92. The van der Waals surface area contributed by atoms with Crippen LogP contribution in [-0.4, -0.2) is 24.2 Å². The Morgan fingerprint density at radius 2 is 1.79 bits per heavy atom. The molecule has 3 rings (SSSR count). The number of methoxy groups -OCH3 is 2. The Morgan fingerprint density at radius 1 is 1.04 bits per heavy atom. The Balaban J connectivity index is 0.00000208. The molecule has 2 aromatic carbocycles. The molecule has 0 aliphatic heterocycles. The summed E-state index contributed by atoms with van der Waals surface area (Å²) in [6, 6.07) is 11.3. The summed E-state index contributed by atoms with van der Waals surface area (Å²) in [6.45, 7) is 0.550. The SMILES string of the molecule is COc1cc2ncnc(CNc3cccc(Cl)c3)c2cc1OC.Cl. The number of rotatable bonds is 5. The summed E-state index contributed by atoms with van der Waals surface area (Å²) in [6.07, 6.45) is 1.54. The van der Waals surface area contributed by atoms with E-state index < -0.39 is 0 Å². The Morgan fingerprint density at radius 3 is 2.50 bits per heavy atom. The van der Waals surface area contributed by atoms with Crippen LogP contribution in [0, 0.1) is 0 Å². The molecule has 1 heterocycles. The molecule has 3 aromatic rings. The number of anilines is 1. The summed E-state index contributed by atoms with van der Waals surface area (Å²) in [5.41, 5.74) is 2.61. The molecule has 0 spiro atoms. The first-order valence-corrected chi connectivity index (χ1v) is 7.44. The van der Waals surface area contributed by atoms with Crippen LogP contribution in [0.3, 0.4) is 0 Å². The molecule has 24 heavy (non-hydrogen) atoms. The fraction of sp³-hybridized carbons (Fsp3) is 0.176. The molecule has 0 amide bonds. The van der Waals surface area contributed by atoms with Gasteiger partial charge in [0.1, 0.15) is 6.33 Å². The fourth-order valence-corrected chi connectivity index (χ4v) is 2.55. The van der Waals surface area contributed by atoms with Gasteiger partial charge >= 0.3 is 0 Å². The van der Waals surface area contributed by atoms with Gasteiger partial charge in [-0.15, -0.1) is 12.4 Å². The molecule has 126 valence electrons. The van der Waals surface area contributed by atoms with Gasteiger partial charge < -0.3 is 14.8 Å². The maximum Gasteiger partial charge on any atom is 0.162 e. The van der Waals surface area contributed by atoms with Crippen molar-refractivity contribution < 1.29 is 9.47 Å². The number of nitrogens with one attached hydrogen (secondary N) is 1. The van der Waals surface area contributed by atoms with Crippen LogP contribution in [0.4, 0.5) is 5.69 Å². The third-order valence-corrected chi connectivity index (χ3v) is 3.74. The van der Waals surface area contributed by atoms with Crippen molar-refractivity contribution in [3.63, 3.8) is 0 Å². The minimum absolute atomic E-state index is 0. The van der Waals surface area contributed by atoms with E-state index in [9.17, 15) is 0 Å². The Kier molecular flexibility index (Phi) is 6.06. The first-order valence-electron chi connectivity index (χ1n) is 7.06. The predicted octanol–water partition coefficient (Wildman–Crippen LogP) is 4.33. The first-order chi connectivity index (χ1) is 11.2. The van der Waals surface area contributed by atoms with Crippen molar-refractivity contribution in [2.24, 2.45) is 0 Å². The summed E-state index contributed by atoms with van der Waals surface area (Å²) in [4.78, 5) is 8.67. The number of halogens is 2. The molecule has 1 N–H and O–H groups in total. The lowest BCUT2D eigenvalue weighted by atomic mass is 10.1. The van der Waals surface area contributed by atoms with Crippen molar-refractivity contribution in [2.45, 2.75) is 6.54 Å². The van der Waals surface area contributed by atoms with Crippen LogP contribution in [0.15, 0.2) is 42.7 Å². The molecular formula is C17H17Cl2N3O2. The number of aromatic nitrogens is 2. The Hall–Kier alpha value is -2.24. The molecule has 0 fully saturated rings. The van der Waals surface area contributed by atoms with E-state index in [0.717, 1.165) is 22.3 Å². The van der Waals surface area contributed by atoms with Gasteiger partial charge in [-0.2, -0.15) is 0 Å². The van der Waals surface area contributed by atoms with E-state index in [-0.39, 0.29) is 12.4 Å². The van der Waals surface area contributed by atoms with Gasteiger partial charge in [-0.25, -0.2) is 9.97 Å². The van der Waals surface area contributed by atoms with Gasteiger partial charge in [0.15, 0.2) is 11.5 Å². The van der Waals surface area contributed by atoms with Gasteiger partial charge in [-0.05, 0) is 24.3 Å². The van der Waals surface area contributed by atoms with Crippen molar-refractivity contribution in [2.75, 3.05) is 19.5 Å². The molecule has 0 saturated carbocycles. The average Bonchev–Trinajstić information content (AvgIpc) is 2.58. The number of ether oxygens (including phenoxy) is 2. The Labute approximate surface area is 151 Å². The number of benzene rings is 2. The van der Waals surface area contributed by atoms with E-state index >= 15 is 0 Å². The lowest BCUT2D eigenvalue weighted by Crippen LogP contribution is -2.03. The van der Waals surface area contributed by atoms with Gasteiger partial charge in [0.2, 0.25) is 0 Å². The molecule has 0 aliphatic rings. The second-order valence-corrected chi connectivity index (χ2v) is 5.35. The molecule has 0 bridgehead atoms. The highest BCUT2D eigenvalue weighted by atomic mass is 35.5. The quantitative estimate of drug-likeness (QED) is 0.728. The van der Waals surface area contributed by atoms with Crippen molar-refractivity contribution in [3.05, 3.63) is 53.4 Å². The maximum absolute atomic E-state index is 6.00. The van der Waals surface area contributed by atoms with E-state index in [2.05, 4.69) is 15.3 Å². The molecule has 0 radical (unpaired) electrons. The molecule has 0 unspecified atom stereocenters.